The zero-order valence-electron chi connectivity index (χ0n) is 9.40. The van der Waals surface area contributed by atoms with Gasteiger partial charge in [0.2, 0.25) is 0 Å². The van der Waals surface area contributed by atoms with E-state index in [1.807, 2.05) is 22.6 Å². The van der Waals surface area contributed by atoms with E-state index in [0.717, 1.165) is 15.7 Å². The second kappa shape index (κ2) is 5.41. The van der Waals surface area contributed by atoms with Gasteiger partial charge in [-0.25, -0.2) is 17.2 Å². The lowest BCUT2D eigenvalue weighted by Gasteiger charge is -2.09. The smallest absolute Gasteiger partial charge is 0.261 e. The van der Waals surface area contributed by atoms with Crippen molar-refractivity contribution in [2.45, 2.75) is 4.90 Å². The molecule has 0 aliphatic rings. The fourth-order valence-corrected chi connectivity index (χ4v) is 2.82. The van der Waals surface area contributed by atoms with Gasteiger partial charge in [0.05, 0.1) is 10.6 Å². The standard InChI is InChI=1S/C12H8F2INO2S/c13-8-1-6-12(11(14)7-8)16-19(17,18)10-4-2-9(15)3-5-10/h1-7,16H. The van der Waals surface area contributed by atoms with Crippen LogP contribution in [0.2, 0.25) is 0 Å². The molecule has 0 atom stereocenters. The predicted molar refractivity (Wildman–Crippen MR) is 76.3 cm³/mol. The highest BCUT2D eigenvalue weighted by molar-refractivity contribution is 14.1. The minimum absolute atomic E-state index is 0.0108. The van der Waals surface area contributed by atoms with Gasteiger partial charge in [-0.1, -0.05) is 0 Å². The highest BCUT2D eigenvalue weighted by Gasteiger charge is 2.16. The van der Waals surface area contributed by atoms with Crippen molar-refractivity contribution in [2.24, 2.45) is 0 Å². The summed E-state index contributed by atoms with van der Waals surface area (Å²) >= 11 is 2.04. The molecule has 2 rings (SSSR count). The van der Waals surface area contributed by atoms with Crippen LogP contribution in [0.25, 0.3) is 0 Å². The Morgan fingerprint density at radius 3 is 2.21 bits per heavy atom. The molecule has 100 valence electrons. The molecule has 0 bridgehead atoms. The first-order valence-electron chi connectivity index (χ1n) is 5.12. The molecule has 0 spiro atoms. The van der Waals surface area contributed by atoms with Gasteiger partial charge in [-0.3, -0.25) is 4.72 Å². The Hall–Kier alpha value is -1.22. The Morgan fingerprint density at radius 2 is 1.63 bits per heavy atom. The lowest BCUT2D eigenvalue weighted by molar-refractivity contribution is 0.583. The first-order valence-corrected chi connectivity index (χ1v) is 7.68. The lowest BCUT2D eigenvalue weighted by atomic mass is 10.3. The van der Waals surface area contributed by atoms with Gasteiger partial charge in [-0.15, -0.1) is 0 Å². The van der Waals surface area contributed by atoms with E-state index in [1.165, 1.54) is 12.1 Å². The van der Waals surface area contributed by atoms with Crippen molar-refractivity contribution in [1.82, 2.24) is 0 Å². The van der Waals surface area contributed by atoms with E-state index in [0.29, 0.717) is 6.07 Å². The Morgan fingerprint density at radius 1 is 1.00 bits per heavy atom. The van der Waals surface area contributed by atoms with Crippen molar-refractivity contribution in [3.05, 3.63) is 57.7 Å². The molecule has 0 saturated heterocycles. The lowest BCUT2D eigenvalue weighted by Crippen LogP contribution is -2.14. The van der Waals surface area contributed by atoms with Gasteiger partial charge in [-0.2, -0.15) is 0 Å². The number of benzene rings is 2. The van der Waals surface area contributed by atoms with Gasteiger partial charge in [0.25, 0.3) is 10.0 Å². The highest BCUT2D eigenvalue weighted by atomic mass is 127. The number of rotatable bonds is 3. The molecular formula is C12H8F2INO2S. The van der Waals surface area contributed by atoms with Gasteiger partial charge in [0.15, 0.2) is 0 Å². The second-order valence-electron chi connectivity index (χ2n) is 3.68. The maximum atomic E-state index is 13.4. The molecule has 0 aromatic heterocycles. The molecule has 0 heterocycles. The summed E-state index contributed by atoms with van der Waals surface area (Å²) in [7, 11) is -3.88. The monoisotopic (exact) mass is 395 g/mol. The molecular weight excluding hydrogens is 387 g/mol. The molecule has 0 radical (unpaired) electrons. The van der Waals surface area contributed by atoms with Crippen LogP contribution < -0.4 is 4.72 Å². The SMILES string of the molecule is O=S(=O)(Nc1ccc(F)cc1F)c1ccc(I)cc1. The fourth-order valence-electron chi connectivity index (χ4n) is 1.39. The van der Waals surface area contributed by atoms with Crippen molar-refractivity contribution < 1.29 is 17.2 Å². The van der Waals surface area contributed by atoms with Gasteiger partial charge in [-0.05, 0) is 59.0 Å². The molecule has 0 amide bonds. The van der Waals surface area contributed by atoms with Crippen molar-refractivity contribution in [2.75, 3.05) is 4.72 Å². The average molecular weight is 395 g/mol. The summed E-state index contributed by atoms with van der Waals surface area (Å²) in [4.78, 5) is 0.0108. The summed E-state index contributed by atoms with van der Waals surface area (Å²) in [6.45, 7) is 0. The van der Waals surface area contributed by atoms with E-state index >= 15 is 0 Å². The number of hydrogen-bond donors (Lipinski definition) is 1. The Balaban J connectivity index is 2.33. The minimum Gasteiger partial charge on any atom is -0.277 e. The maximum absolute atomic E-state index is 13.4. The third kappa shape index (κ3) is 3.41. The molecule has 3 nitrogen and oxygen atoms in total. The van der Waals surface area contributed by atoms with Crippen LogP contribution in [-0.2, 0) is 10.0 Å². The van der Waals surface area contributed by atoms with E-state index in [4.69, 9.17) is 0 Å². The molecule has 0 saturated carbocycles. The largest absolute Gasteiger partial charge is 0.277 e. The van der Waals surface area contributed by atoms with Crippen molar-refractivity contribution >= 4 is 38.3 Å². The number of sulfonamides is 1. The van der Waals surface area contributed by atoms with Crippen LogP contribution in [0.4, 0.5) is 14.5 Å². The number of nitrogens with one attached hydrogen (secondary N) is 1. The Kier molecular flexibility index (Phi) is 4.04. The quantitative estimate of drug-likeness (QED) is 0.811. The molecule has 0 aliphatic carbocycles. The molecule has 2 aromatic rings. The van der Waals surface area contributed by atoms with Crippen molar-refractivity contribution in [3.63, 3.8) is 0 Å². The first-order chi connectivity index (χ1) is 8.88. The first kappa shape index (κ1) is 14.2. The van der Waals surface area contributed by atoms with Crippen LogP contribution in [0.3, 0.4) is 0 Å². The normalized spacial score (nSPS) is 11.3. The summed E-state index contributed by atoms with van der Waals surface area (Å²) in [6.07, 6.45) is 0. The third-order valence-corrected chi connectivity index (χ3v) is 4.40. The Labute approximate surface area is 122 Å². The number of halogens is 3. The van der Waals surface area contributed by atoms with E-state index in [-0.39, 0.29) is 10.6 Å². The minimum atomic E-state index is -3.88. The summed E-state index contributed by atoms with van der Waals surface area (Å²) in [5, 5.41) is 0. The summed E-state index contributed by atoms with van der Waals surface area (Å²) in [5.74, 6) is -1.73. The van der Waals surface area contributed by atoms with Gasteiger partial charge >= 0.3 is 0 Å². The van der Waals surface area contributed by atoms with Crippen LogP contribution in [0.1, 0.15) is 0 Å². The zero-order chi connectivity index (χ0) is 14.0. The maximum Gasteiger partial charge on any atom is 0.261 e. The van der Waals surface area contributed by atoms with Crippen LogP contribution in [0.5, 0.6) is 0 Å². The molecule has 0 aliphatic heterocycles. The van der Waals surface area contributed by atoms with E-state index < -0.39 is 21.7 Å². The van der Waals surface area contributed by atoms with Crippen molar-refractivity contribution in [3.8, 4) is 0 Å². The van der Waals surface area contributed by atoms with Gasteiger partial charge in [0, 0.05) is 9.64 Å². The average Bonchev–Trinajstić information content (AvgIpc) is 2.33. The highest BCUT2D eigenvalue weighted by Crippen LogP contribution is 2.20. The second-order valence-corrected chi connectivity index (χ2v) is 6.61. The topological polar surface area (TPSA) is 46.2 Å². The molecule has 0 fully saturated rings. The summed E-state index contributed by atoms with van der Waals surface area (Å²) in [6, 6.07) is 8.69. The Bertz CT molecular complexity index is 702. The third-order valence-electron chi connectivity index (χ3n) is 2.30. The molecule has 7 heteroatoms. The number of hydrogen-bond acceptors (Lipinski definition) is 2. The van der Waals surface area contributed by atoms with Crippen molar-refractivity contribution in [1.29, 1.82) is 0 Å². The van der Waals surface area contributed by atoms with Crippen LogP contribution in [0, 0.1) is 15.2 Å². The predicted octanol–water partition coefficient (Wildman–Crippen LogP) is 3.37. The summed E-state index contributed by atoms with van der Waals surface area (Å²) < 4.78 is 53.0. The van der Waals surface area contributed by atoms with Crippen LogP contribution in [-0.4, -0.2) is 8.42 Å². The van der Waals surface area contributed by atoms with Crippen LogP contribution >= 0.6 is 22.6 Å². The molecule has 19 heavy (non-hydrogen) atoms. The fraction of sp³-hybridized carbons (Fsp3) is 0. The van der Waals surface area contributed by atoms with Gasteiger partial charge in [0.1, 0.15) is 11.6 Å². The zero-order valence-corrected chi connectivity index (χ0v) is 12.4. The summed E-state index contributed by atoms with van der Waals surface area (Å²) in [5.41, 5.74) is -0.292. The van der Waals surface area contributed by atoms with E-state index in [9.17, 15) is 17.2 Å². The molecule has 2 aromatic carbocycles. The van der Waals surface area contributed by atoms with Gasteiger partial charge < -0.3 is 0 Å². The molecule has 1 N–H and O–H groups in total. The molecule has 0 unspecified atom stereocenters. The number of anilines is 1. The van der Waals surface area contributed by atoms with E-state index in [2.05, 4.69) is 4.72 Å². The van der Waals surface area contributed by atoms with Crippen LogP contribution in [0.15, 0.2) is 47.4 Å². The van der Waals surface area contributed by atoms with E-state index in [1.54, 1.807) is 12.1 Å².